The van der Waals surface area contributed by atoms with Crippen LogP contribution in [0.5, 0.6) is 17.2 Å². The van der Waals surface area contributed by atoms with Crippen molar-refractivity contribution in [2.24, 2.45) is 0 Å². The van der Waals surface area contributed by atoms with Crippen LogP contribution in [0.3, 0.4) is 0 Å². The molecule has 0 bridgehead atoms. The number of carbonyl (C=O) groups excluding carboxylic acids is 2. The molecule has 0 aliphatic heterocycles. The molecule has 0 aromatic heterocycles. The highest BCUT2D eigenvalue weighted by Crippen LogP contribution is 2.31. The average molecular weight is 409 g/mol. The normalized spacial score (nSPS) is 10.7. The van der Waals surface area contributed by atoms with Gasteiger partial charge in [0.05, 0.1) is 45.3 Å². The molecule has 0 heterocycles. The van der Waals surface area contributed by atoms with E-state index >= 15 is 0 Å². The van der Waals surface area contributed by atoms with Crippen molar-refractivity contribution in [3.63, 3.8) is 0 Å². The number of rotatable bonds is 9. The molecule has 0 spiro atoms. The van der Waals surface area contributed by atoms with Gasteiger partial charge >= 0.3 is 11.9 Å². The molecule has 0 atom stereocenters. The van der Waals surface area contributed by atoms with Crippen molar-refractivity contribution < 1.29 is 28.5 Å². The number of benzene rings is 2. The summed E-state index contributed by atoms with van der Waals surface area (Å²) in [6.45, 7) is 1.98. The van der Waals surface area contributed by atoms with E-state index in [4.69, 9.17) is 18.9 Å². The fourth-order valence-corrected chi connectivity index (χ4v) is 2.60. The molecule has 2 rings (SSSR count). The Bertz CT molecular complexity index is 957. The lowest BCUT2D eigenvalue weighted by Gasteiger charge is -2.09. The smallest absolute Gasteiger partial charge is 0.311 e. The number of methoxy groups -OCH3 is 2. The van der Waals surface area contributed by atoms with Gasteiger partial charge in [-0.05, 0) is 54.5 Å². The van der Waals surface area contributed by atoms with E-state index in [9.17, 15) is 14.9 Å². The van der Waals surface area contributed by atoms with Gasteiger partial charge in [-0.15, -0.1) is 0 Å². The summed E-state index contributed by atoms with van der Waals surface area (Å²) >= 11 is 0. The van der Waals surface area contributed by atoms with Crippen LogP contribution in [0.25, 0.3) is 11.6 Å². The molecule has 7 heteroatoms. The molecule has 7 nitrogen and oxygen atoms in total. The summed E-state index contributed by atoms with van der Waals surface area (Å²) in [5.74, 6) is 0.503. The van der Waals surface area contributed by atoms with Crippen LogP contribution in [-0.4, -0.2) is 32.8 Å². The third-order valence-electron chi connectivity index (χ3n) is 4.08. The minimum absolute atomic E-state index is 0.0235. The minimum Gasteiger partial charge on any atom is -0.493 e. The summed E-state index contributed by atoms with van der Waals surface area (Å²) in [6.07, 6.45) is 1.64. The molecule has 156 valence electrons. The number of allylic oxidation sites excluding steroid dienone is 1. The van der Waals surface area contributed by atoms with Gasteiger partial charge in [0.25, 0.3) is 0 Å². The Morgan fingerprint density at radius 1 is 0.967 bits per heavy atom. The standard InChI is InChI=1S/C23H23NO6/c1-4-29-22(25)11-12-23(26)30-19-8-5-16(6-9-19)13-18(15-24)17-7-10-20(27-2)21(14-17)28-3/h5-10,13-14H,4,11-12H2,1-3H3. The van der Waals surface area contributed by atoms with E-state index in [0.717, 1.165) is 5.56 Å². The molecular formula is C23H23NO6. The van der Waals surface area contributed by atoms with E-state index in [1.54, 1.807) is 62.6 Å². The van der Waals surface area contributed by atoms with Gasteiger partial charge in [-0.2, -0.15) is 5.26 Å². The molecule has 0 fully saturated rings. The van der Waals surface area contributed by atoms with E-state index < -0.39 is 11.9 Å². The molecule has 0 radical (unpaired) electrons. The number of hydrogen-bond donors (Lipinski definition) is 0. The zero-order valence-electron chi connectivity index (χ0n) is 17.1. The number of nitrogens with zero attached hydrogens (tertiary/aromatic N) is 1. The summed E-state index contributed by atoms with van der Waals surface area (Å²) in [7, 11) is 3.08. The Morgan fingerprint density at radius 2 is 1.63 bits per heavy atom. The topological polar surface area (TPSA) is 94.9 Å². The van der Waals surface area contributed by atoms with Gasteiger partial charge in [-0.25, -0.2) is 0 Å². The SMILES string of the molecule is CCOC(=O)CCC(=O)Oc1ccc(C=C(C#N)c2ccc(OC)c(OC)c2)cc1. The third kappa shape index (κ3) is 6.38. The van der Waals surface area contributed by atoms with Crippen molar-refractivity contribution in [3.8, 4) is 23.3 Å². The van der Waals surface area contributed by atoms with Crippen molar-refractivity contribution in [1.82, 2.24) is 0 Å². The van der Waals surface area contributed by atoms with Crippen LogP contribution in [0, 0.1) is 11.3 Å². The van der Waals surface area contributed by atoms with Crippen molar-refractivity contribution in [3.05, 3.63) is 53.6 Å². The highest BCUT2D eigenvalue weighted by atomic mass is 16.5. The zero-order valence-corrected chi connectivity index (χ0v) is 17.1. The van der Waals surface area contributed by atoms with Crippen molar-refractivity contribution in [1.29, 1.82) is 5.26 Å². The van der Waals surface area contributed by atoms with Crippen molar-refractivity contribution >= 4 is 23.6 Å². The lowest BCUT2D eigenvalue weighted by molar-refractivity contribution is -0.146. The maximum Gasteiger partial charge on any atom is 0.311 e. The molecule has 0 unspecified atom stereocenters. The second-order valence-electron chi connectivity index (χ2n) is 6.09. The van der Waals surface area contributed by atoms with Gasteiger partial charge in [-0.3, -0.25) is 9.59 Å². The molecule has 0 saturated carbocycles. The Labute approximate surface area is 175 Å². The second kappa shape index (κ2) is 11.3. The maximum absolute atomic E-state index is 11.8. The predicted molar refractivity (Wildman–Crippen MR) is 111 cm³/mol. The van der Waals surface area contributed by atoms with Crippen LogP contribution in [0.2, 0.25) is 0 Å². The molecule has 2 aromatic rings. The zero-order chi connectivity index (χ0) is 21.9. The molecule has 0 saturated heterocycles. The average Bonchev–Trinajstić information content (AvgIpc) is 2.77. The predicted octanol–water partition coefficient (Wildman–Crippen LogP) is 4.02. The largest absolute Gasteiger partial charge is 0.493 e. The first-order chi connectivity index (χ1) is 14.5. The Kier molecular flexibility index (Phi) is 8.45. The number of carbonyl (C=O) groups is 2. The second-order valence-corrected chi connectivity index (χ2v) is 6.09. The van der Waals surface area contributed by atoms with Gasteiger partial charge in [0.2, 0.25) is 0 Å². The molecular weight excluding hydrogens is 386 g/mol. The van der Waals surface area contributed by atoms with E-state index in [-0.39, 0.29) is 19.4 Å². The van der Waals surface area contributed by atoms with Crippen LogP contribution in [0.4, 0.5) is 0 Å². The summed E-state index contributed by atoms with van der Waals surface area (Å²) in [6, 6.07) is 14.1. The summed E-state index contributed by atoms with van der Waals surface area (Å²) in [5.41, 5.74) is 1.88. The van der Waals surface area contributed by atoms with Crippen LogP contribution >= 0.6 is 0 Å². The maximum atomic E-state index is 11.8. The van der Waals surface area contributed by atoms with Gasteiger partial charge in [0.1, 0.15) is 5.75 Å². The monoisotopic (exact) mass is 409 g/mol. The van der Waals surface area contributed by atoms with Crippen LogP contribution in [0.1, 0.15) is 30.9 Å². The van der Waals surface area contributed by atoms with Crippen molar-refractivity contribution in [2.45, 2.75) is 19.8 Å². The highest BCUT2D eigenvalue weighted by molar-refractivity contribution is 5.90. The van der Waals surface area contributed by atoms with E-state index in [0.29, 0.717) is 28.4 Å². The van der Waals surface area contributed by atoms with Gasteiger partial charge in [0.15, 0.2) is 11.5 Å². The molecule has 0 aliphatic carbocycles. The number of nitriles is 1. The van der Waals surface area contributed by atoms with Gasteiger partial charge in [-0.1, -0.05) is 12.1 Å². The fraction of sp³-hybridized carbons (Fsp3) is 0.261. The highest BCUT2D eigenvalue weighted by Gasteiger charge is 2.10. The molecule has 0 N–H and O–H groups in total. The first-order valence-electron chi connectivity index (χ1n) is 9.31. The van der Waals surface area contributed by atoms with Crippen molar-refractivity contribution in [2.75, 3.05) is 20.8 Å². The Hall–Kier alpha value is -3.79. The van der Waals surface area contributed by atoms with Gasteiger partial charge < -0.3 is 18.9 Å². The first-order valence-corrected chi connectivity index (χ1v) is 9.31. The quantitative estimate of drug-likeness (QED) is 0.267. The van der Waals surface area contributed by atoms with Crippen LogP contribution in [0.15, 0.2) is 42.5 Å². The molecule has 0 amide bonds. The van der Waals surface area contributed by atoms with E-state index in [1.807, 2.05) is 0 Å². The summed E-state index contributed by atoms with van der Waals surface area (Å²) < 4.78 is 20.5. The number of ether oxygens (including phenoxy) is 4. The fourth-order valence-electron chi connectivity index (χ4n) is 2.60. The number of hydrogen-bond acceptors (Lipinski definition) is 7. The number of esters is 2. The third-order valence-corrected chi connectivity index (χ3v) is 4.08. The van der Waals surface area contributed by atoms with Crippen LogP contribution in [-0.2, 0) is 14.3 Å². The lowest BCUT2D eigenvalue weighted by Crippen LogP contribution is -2.12. The van der Waals surface area contributed by atoms with E-state index in [2.05, 4.69) is 6.07 Å². The molecule has 30 heavy (non-hydrogen) atoms. The van der Waals surface area contributed by atoms with Crippen LogP contribution < -0.4 is 14.2 Å². The summed E-state index contributed by atoms with van der Waals surface area (Å²) in [5, 5.41) is 9.55. The Balaban J connectivity index is 2.08. The first kappa shape index (κ1) is 22.5. The Morgan fingerprint density at radius 3 is 2.23 bits per heavy atom. The molecule has 0 aliphatic rings. The van der Waals surface area contributed by atoms with E-state index in [1.165, 1.54) is 7.11 Å². The minimum atomic E-state index is -0.519. The molecule has 2 aromatic carbocycles. The van der Waals surface area contributed by atoms with Gasteiger partial charge in [0, 0.05) is 0 Å². The summed E-state index contributed by atoms with van der Waals surface area (Å²) in [4.78, 5) is 23.1. The lowest BCUT2D eigenvalue weighted by atomic mass is 10.0.